The van der Waals surface area contributed by atoms with E-state index in [4.69, 9.17) is 9.72 Å². The Morgan fingerprint density at radius 1 is 1.00 bits per heavy atom. The molecule has 0 unspecified atom stereocenters. The van der Waals surface area contributed by atoms with Crippen molar-refractivity contribution in [3.05, 3.63) is 89.7 Å². The number of carbonyl (C=O) groups excluding carboxylic acids is 1. The van der Waals surface area contributed by atoms with Gasteiger partial charge in [0.2, 0.25) is 5.91 Å². The number of methoxy groups -OCH3 is 1. The van der Waals surface area contributed by atoms with Crippen molar-refractivity contribution in [2.24, 2.45) is 0 Å². The van der Waals surface area contributed by atoms with E-state index in [2.05, 4.69) is 23.6 Å². The monoisotopic (exact) mass is 411 g/mol. The van der Waals surface area contributed by atoms with Crippen LogP contribution < -0.4 is 9.64 Å². The predicted octanol–water partition coefficient (Wildman–Crippen LogP) is 4.92. The van der Waals surface area contributed by atoms with Crippen molar-refractivity contribution in [2.75, 3.05) is 18.6 Å². The third kappa shape index (κ3) is 3.56. The second kappa shape index (κ2) is 7.91. The van der Waals surface area contributed by atoms with Crippen LogP contribution in [0.3, 0.4) is 0 Å². The number of anilines is 1. The standard InChI is InChI=1S/C26H25N3O2/c1-18-11-13-21(14-12-18)28-17-20(15-25(28)30)26-27-22-8-4-5-9-23(22)29(26)16-19-7-3-6-10-24(19)31-2/h3-14,20H,15-17H2,1-2H3/t20-/m1/s1. The molecule has 1 aliphatic heterocycles. The number of ether oxygens (including phenoxy) is 1. The Labute approximate surface area is 181 Å². The summed E-state index contributed by atoms with van der Waals surface area (Å²) in [6, 6.07) is 24.4. The highest BCUT2D eigenvalue weighted by atomic mass is 16.5. The first-order chi connectivity index (χ1) is 15.1. The number of aryl methyl sites for hydroxylation is 1. The molecule has 1 saturated heterocycles. The maximum absolute atomic E-state index is 12.9. The molecule has 0 N–H and O–H groups in total. The van der Waals surface area contributed by atoms with Gasteiger partial charge in [0.1, 0.15) is 11.6 Å². The number of benzene rings is 3. The molecule has 1 fully saturated rings. The average Bonchev–Trinajstić information content (AvgIpc) is 3.35. The molecule has 0 saturated carbocycles. The number of para-hydroxylation sites is 3. The van der Waals surface area contributed by atoms with Gasteiger partial charge in [-0.15, -0.1) is 0 Å². The number of rotatable bonds is 5. The molecule has 0 aliphatic carbocycles. The smallest absolute Gasteiger partial charge is 0.227 e. The molecule has 31 heavy (non-hydrogen) atoms. The van der Waals surface area contributed by atoms with Crippen molar-refractivity contribution >= 4 is 22.6 Å². The van der Waals surface area contributed by atoms with Gasteiger partial charge in [-0.1, -0.05) is 48.0 Å². The summed E-state index contributed by atoms with van der Waals surface area (Å²) < 4.78 is 7.82. The van der Waals surface area contributed by atoms with Gasteiger partial charge in [-0.3, -0.25) is 4.79 Å². The van der Waals surface area contributed by atoms with Crippen LogP contribution in [0.25, 0.3) is 11.0 Å². The summed E-state index contributed by atoms with van der Waals surface area (Å²) in [5, 5.41) is 0. The summed E-state index contributed by atoms with van der Waals surface area (Å²) in [4.78, 5) is 19.7. The molecule has 5 rings (SSSR count). The lowest BCUT2D eigenvalue weighted by Gasteiger charge is -2.18. The first-order valence-corrected chi connectivity index (χ1v) is 10.6. The molecular weight excluding hydrogens is 386 g/mol. The molecule has 0 spiro atoms. The predicted molar refractivity (Wildman–Crippen MR) is 123 cm³/mol. The molecule has 5 heteroatoms. The summed E-state index contributed by atoms with van der Waals surface area (Å²) in [5.41, 5.74) is 5.25. The van der Waals surface area contributed by atoms with E-state index in [-0.39, 0.29) is 11.8 Å². The second-order valence-corrected chi connectivity index (χ2v) is 8.10. The van der Waals surface area contributed by atoms with Crippen molar-refractivity contribution < 1.29 is 9.53 Å². The van der Waals surface area contributed by atoms with Gasteiger partial charge in [-0.25, -0.2) is 4.98 Å². The number of hydrogen-bond acceptors (Lipinski definition) is 3. The molecule has 1 aromatic heterocycles. The van der Waals surface area contributed by atoms with E-state index in [0.29, 0.717) is 19.5 Å². The van der Waals surface area contributed by atoms with Crippen LogP contribution in [0.1, 0.15) is 29.3 Å². The lowest BCUT2D eigenvalue weighted by Crippen LogP contribution is -2.24. The Bertz CT molecular complexity index is 1240. The summed E-state index contributed by atoms with van der Waals surface area (Å²) >= 11 is 0. The van der Waals surface area contributed by atoms with Crippen molar-refractivity contribution in [3.8, 4) is 5.75 Å². The van der Waals surface area contributed by atoms with Gasteiger partial charge >= 0.3 is 0 Å². The minimum Gasteiger partial charge on any atom is -0.496 e. The van der Waals surface area contributed by atoms with Crippen molar-refractivity contribution in [1.82, 2.24) is 9.55 Å². The van der Waals surface area contributed by atoms with E-state index in [9.17, 15) is 4.79 Å². The lowest BCUT2D eigenvalue weighted by molar-refractivity contribution is -0.117. The molecule has 4 aromatic rings. The molecule has 0 radical (unpaired) electrons. The first-order valence-electron chi connectivity index (χ1n) is 10.6. The van der Waals surface area contributed by atoms with Crippen LogP contribution in [0.15, 0.2) is 72.8 Å². The molecule has 156 valence electrons. The lowest BCUT2D eigenvalue weighted by atomic mass is 10.1. The first kappa shape index (κ1) is 19.4. The Morgan fingerprint density at radius 3 is 2.55 bits per heavy atom. The third-order valence-electron chi connectivity index (χ3n) is 6.04. The molecule has 5 nitrogen and oxygen atoms in total. The quantitative estimate of drug-likeness (QED) is 0.468. The number of carbonyl (C=O) groups is 1. The topological polar surface area (TPSA) is 47.4 Å². The fourth-order valence-corrected chi connectivity index (χ4v) is 4.43. The van der Waals surface area contributed by atoms with Crippen LogP contribution in [0.4, 0.5) is 5.69 Å². The SMILES string of the molecule is COc1ccccc1Cn1c([C@@H]2CC(=O)N(c3ccc(C)cc3)C2)nc2ccccc21. The van der Waals surface area contributed by atoms with Crippen LogP contribution in [-0.4, -0.2) is 29.1 Å². The fourth-order valence-electron chi connectivity index (χ4n) is 4.43. The highest BCUT2D eigenvalue weighted by Crippen LogP contribution is 2.34. The van der Waals surface area contributed by atoms with Crippen LogP contribution in [0, 0.1) is 6.92 Å². The maximum atomic E-state index is 12.9. The zero-order chi connectivity index (χ0) is 21.4. The van der Waals surface area contributed by atoms with Crippen LogP contribution in [-0.2, 0) is 11.3 Å². The van der Waals surface area contributed by atoms with Crippen molar-refractivity contribution in [2.45, 2.75) is 25.8 Å². The molecule has 3 aromatic carbocycles. The van der Waals surface area contributed by atoms with E-state index in [1.165, 1.54) is 5.56 Å². The highest BCUT2D eigenvalue weighted by Gasteiger charge is 2.35. The molecule has 2 heterocycles. The van der Waals surface area contributed by atoms with Crippen molar-refractivity contribution in [3.63, 3.8) is 0 Å². The maximum Gasteiger partial charge on any atom is 0.227 e. The Balaban J connectivity index is 1.53. The van der Waals surface area contributed by atoms with E-state index >= 15 is 0 Å². The second-order valence-electron chi connectivity index (χ2n) is 8.10. The number of imidazole rings is 1. The zero-order valence-electron chi connectivity index (χ0n) is 17.8. The normalized spacial score (nSPS) is 16.3. The third-order valence-corrected chi connectivity index (χ3v) is 6.04. The van der Waals surface area contributed by atoms with E-state index in [0.717, 1.165) is 33.9 Å². The Kier molecular flexibility index (Phi) is 4.94. The van der Waals surface area contributed by atoms with Gasteiger partial charge in [0.15, 0.2) is 0 Å². The number of aromatic nitrogens is 2. The fraction of sp³-hybridized carbons (Fsp3) is 0.231. The van der Waals surface area contributed by atoms with Gasteiger partial charge in [-0.2, -0.15) is 0 Å². The average molecular weight is 412 g/mol. The number of fused-ring (bicyclic) bond motifs is 1. The van der Waals surface area contributed by atoms with Gasteiger partial charge in [0.05, 0.1) is 24.7 Å². The molecule has 1 aliphatic rings. The molecule has 0 bridgehead atoms. The summed E-state index contributed by atoms with van der Waals surface area (Å²) in [7, 11) is 1.70. The van der Waals surface area contributed by atoms with E-state index in [1.54, 1.807) is 7.11 Å². The largest absolute Gasteiger partial charge is 0.496 e. The molecule has 1 atom stereocenters. The minimum atomic E-state index is 0.0379. The Hall–Kier alpha value is -3.60. The Morgan fingerprint density at radius 2 is 1.74 bits per heavy atom. The summed E-state index contributed by atoms with van der Waals surface area (Å²) in [6.07, 6.45) is 0.461. The van der Waals surface area contributed by atoms with E-state index < -0.39 is 0 Å². The van der Waals surface area contributed by atoms with Gasteiger partial charge in [0.25, 0.3) is 0 Å². The van der Waals surface area contributed by atoms with Crippen LogP contribution >= 0.6 is 0 Å². The van der Waals surface area contributed by atoms with E-state index in [1.807, 2.05) is 65.6 Å². The molecular formula is C26H25N3O2. The van der Waals surface area contributed by atoms with Crippen molar-refractivity contribution in [1.29, 1.82) is 0 Å². The summed E-state index contributed by atoms with van der Waals surface area (Å²) in [5.74, 6) is 1.99. The van der Waals surface area contributed by atoms with Gasteiger partial charge < -0.3 is 14.2 Å². The number of nitrogens with zero attached hydrogens (tertiary/aromatic N) is 3. The molecule has 1 amide bonds. The van der Waals surface area contributed by atoms with Gasteiger partial charge in [0, 0.05) is 30.1 Å². The summed E-state index contributed by atoms with van der Waals surface area (Å²) in [6.45, 7) is 3.34. The minimum absolute atomic E-state index is 0.0379. The zero-order valence-corrected chi connectivity index (χ0v) is 17.8. The highest BCUT2D eigenvalue weighted by molar-refractivity contribution is 5.96. The number of amides is 1. The van der Waals surface area contributed by atoms with Gasteiger partial charge in [-0.05, 0) is 37.3 Å². The van der Waals surface area contributed by atoms with Crippen LogP contribution in [0.5, 0.6) is 5.75 Å². The van der Waals surface area contributed by atoms with Crippen LogP contribution in [0.2, 0.25) is 0 Å². The number of hydrogen-bond donors (Lipinski definition) is 0.